The Kier molecular flexibility index (Phi) is 4.44. The van der Waals surface area contributed by atoms with Gasteiger partial charge in [0.25, 0.3) is 0 Å². The number of hydrogen-bond donors (Lipinski definition) is 0. The predicted molar refractivity (Wildman–Crippen MR) is 130 cm³/mol. The van der Waals surface area contributed by atoms with E-state index in [1.54, 1.807) is 12.1 Å². The summed E-state index contributed by atoms with van der Waals surface area (Å²) in [7, 11) is 0. The molecule has 0 aliphatic rings. The number of halogens is 3. The fraction of sp³-hybridized carbons (Fsp3) is 0. The first-order valence-corrected chi connectivity index (χ1v) is 10.7. The van der Waals surface area contributed by atoms with Gasteiger partial charge in [-0.05, 0) is 91.0 Å². The van der Waals surface area contributed by atoms with Crippen molar-refractivity contribution in [2.24, 2.45) is 0 Å². The van der Waals surface area contributed by atoms with Crippen LogP contribution in [0.5, 0.6) is 0 Å². The minimum atomic E-state index is -0.860. The molecule has 0 atom stereocenters. The van der Waals surface area contributed by atoms with Gasteiger partial charge in [0, 0.05) is 0 Å². The predicted octanol–water partition coefficient (Wildman–Crippen LogP) is 8.90. The van der Waals surface area contributed by atoms with Crippen molar-refractivity contribution in [1.82, 2.24) is 0 Å². The number of benzene rings is 6. The molecule has 0 fully saturated rings. The first-order valence-electron chi connectivity index (χ1n) is 10.7. The minimum absolute atomic E-state index is 0.273. The molecule has 33 heavy (non-hydrogen) atoms. The van der Waals surface area contributed by atoms with Gasteiger partial charge in [0.05, 0.1) is 0 Å². The number of rotatable bonds is 2. The molecular formula is C30H17F3. The molecule has 0 amide bonds. The monoisotopic (exact) mass is 434 g/mol. The lowest BCUT2D eigenvalue weighted by atomic mass is 9.88. The molecule has 0 aromatic heterocycles. The first-order chi connectivity index (χ1) is 16.1. The van der Waals surface area contributed by atoms with Crippen molar-refractivity contribution in [3.63, 3.8) is 0 Å². The summed E-state index contributed by atoms with van der Waals surface area (Å²) in [6.07, 6.45) is 0. The van der Waals surface area contributed by atoms with Crippen molar-refractivity contribution in [3.05, 3.63) is 121 Å². The van der Waals surface area contributed by atoms with Gasteiger partial charge >= 0.3 is 0 Å². The maximum Gasteiger partial charge on any atom is 0.159 e. The second kappa shape index (κ2) is 7.49. The van der Waals surface area contributed by atoms with Crippen molar-refractivity contribution in [2.75, 3.05) is 0 Å². The highest BCUT2D eigenvalue weighted by atomic mass is 19.2. The van der Waals surface area contributed by atoms with E-state index in [1.807, 2.05) is 42.5 Å². The highest BCUT2D eigenvalue weighted by molar-refractivity contribution is 6.16. The number of hydrogen-bond acceptors (Lipinski definition) is 0. The van der Waals surface area contributed by atoms with E-state index in [9.17, 15) is 13.2 Å². The molecule has 0 radical (unpaired) electrons. The maximum absolute atomic E-state index is 14.0. The van der Waals surface area contributed by atoms with Crippen molar-refractivity contribution in [1.29, 1.82) is 0 Å². The summed E-state index contributed by atoms with van der Waals surface area (Å²) in [5, 5.41) is 5.51. The molecule has 3 heteroatoms. The van der Waals surface area contributed by atoms with Gasteiger partial charge in [-0.2, -0.15) is 0 Å². The minimum Gasteiger partial charge on any atom is -0.207 e. The SMILES string of the molecule is Fc1ccc(-c2cccc3c(-c4ccc5cc(F)c(F)cc5c4)c4ccccc4cc23)cc1. The Morgan fingerprint density at radius 2 is 1.12 bits per heavy atom. The Balaban J connectivity index is 1.70. The van der Waals surface area contributed by atoms with Gasteiger partial charge in [0.2, 0.25) is 0 Å². The normalized spacial score (nSPS) is 11.5. The molecule has 0 heterocycles. The second-order valence-corrected chi connectivity index (χ2v) is 8.21. The van der Waals surface area contributed by atoms with E-state index >= 15 is 0 Å². The molecule has 0 bridgehead atoms. The molecule has 6 rings (SSSR count). The van der Waals surface area contributed by atoms with Gasteiger partial charge in [-0.15, -0.1) is 0 Å². The molecule has 0 nitrogen and oxygen atoms in total. The smallest absolute Gasteiger partial charge is 0.159 e. The summed E-state index contributed by atoms with van der Waals surface area (Å²) in [6.45, 7) is 0. The van der Waals surface area contributed by atoms with E-state index in [0.29, 0.717) is 10.8 Å². The van der Waals surface area contributed by atoms with Crippen LogP contribution in [0.25, 0.3) is 54.6 Å². The van der Waals surface area contributed by atoms with E-state index in [0.717, 1.165) is 43.8 Å². The lowest BCUT2D eigenvalue weighted by Gasteiger charge is -2.15. The van der Waals surface area contributed by atoms with Gasteiger partial charge in [0.15, 0.2) is 11.6 Å². The van der Waals surface area contributed by atoms with E-state index < -0.39 is 11.6 Å². The summed E-state index contributed by atoms with van der Waals surface area (Å²) < 4.78 is 41.2. The fourth-order valence-corrected chi connectivity index (χ4v) is 4.68. The lowest BCUT2D eigenvalue weighted by molar-refractivity contribution is 0.511. The molecule has 6 aromatic rings. The van der Waals surface area contributed by atoms with E-state index in [4.69, 9.17) is 0 Å². The van der Waals surface area contributed by atoms with Crippen LogP contribution in [0, 0.1) is 17.5 Å². The van der Waals surface area contributed by atoms with Crippen LogP contribution in [-0.4, -0.2) is 0 Å². The van der Waals surface area contributed by atoms with Crippen LogP contribution in [0.15, 0.2) is 103 Å². The molecule has 0 N–H and O–H groups in total. The third-order valence-corrected chi connectivity index (χ3v) is 6.23. The Morgan fingerprint density at radius 3 is 1.94 bits per heavy atom. The number of fused-ring (bicyclic) bond motifs is 3. The maximum atomic E-state index is 14.0. The highest BCUT2D eigenvalue weighted by Gasteiger charge is 2.14. The Morgan fingerprint density at radius 1 is 0.424 bits per heavy atom. The van der Waals surface area contributed by atoms with Crippen LogP contribution >= 0.6 is 0 Å². The van der Waals surface area contributed by atoms with E-state index in [-0.39, 0.29) is 5.82 Å². The van der Waals surface area contributed by atoms with Crippen LogP contribution in [0.2, 0.25) is 0 Å². The summed E-state index contributed by atoms with van der Waals surface area (Å²) in [6, 6.07) is 31.0. The topological polar surface area (TPSA) is 0 Å². The molecule has 0 saturated carbocycles. The van der Waals surface area contributed by atoms with Crippen molar-refractivity contribution in [3.8, 4) is 22.3 Å². The van der Waals surface area contributed by atoms with Crippen LogP contribution in [0.1, 0.15) is 0 Å². The molecule has 0 spiro atoms. The zero-order valence-corrected chi connectivity index (χ0v) is 17.4. The summed E-state index contributed by atoms with van der Waals surface area (Å²) >= 11 is 0. The molecule has 0 unspecified atom stereocenters. The summed E-state index contributed by atoms with van der Waals surface area (Å²) in [5.74, 6) is -1.99. The van der Waals surface area contributed by atoms with Crippen molar-refractivity contribution >= 4 is 32.3 Å². The zero-order valence-electron chi connectivity index (χ0n) is 17.4. The van der Waals surface area contributed by atoms with Crippen LogP contribution in [-0.2, 0) is 0 Å². The summed E-state index contributed by atoms with van der Waals surface area (Å²) in [5.41, 5.74) is 3.89. The second-order valence-electron chi connectivity index (χ2n) is 8.21. The molecule has 0 aliphatic carbocycles. The third-order valence-electron chi connectivity index (χ3n) is 6.23. The molecular weight excluding hydrogens is 417 g/mol. The quantitative estimate of drug-likeness (QED) is 0.239. The van der Waals surface area contributed by atoms with E-state index in [1.165, 1.54) is 24.3 Å². The van der Waals surface area contributed by atoms with Gasteiger partial charge in [-0.3, -0.25) is 0 Å². The average molecular weight is 434 g/mol. The Bertz CT molecular complexity index is 1680. The fourth-order valence-electron chi connectivity index (χ4n) is 4.68. The Labute approximate surface area is 188 Å². The van der Waals surface area contributed by atoms with Gasteiger partial charge in [0.1, 0.15) is 5.82 Å². The average Bonchev–Trinajstić information content (AvgIpc) is 2.83. The standard InChI is InChI=1S/C30H17F3/c31-23-12-10-18(11-13-23)24-6-3-7-26-27(24)15-20-4-1-2-5-25(20)30(26)21-9-8-19-16-28(32)29(33)17-22(19)14-21/h1-17H. The molecule has 158 valence electrons. The Hall–Kier alpha value is -4.11. The van der Waals surface area contributed by atoms with Crippen molar-refractivity contribution in [2.45, 2.75) is 0 Å². The molecule has 6 aromatic carbocycles. The van der Waals surface area contributed by atoms with Crippen LogP contribution in [0.4, 0.5) is 13.2 Å². The van der Waals surface area contributed by atoms with E-state index in [2.05, 4.69) is 24.3 Å². The summed E-state index contributed by atoms with van der Waals surface area (Å²) in [4.78, 5) is 0. The molecule has 0 saturated heterocycles. The highest BCUT2D eigenvalue weighted by Crippen LogP contribution is 2.41. The van der Waals surface area contributed by atoms with Gasteiger partial charge in [-0.25, -0.2) is 13.2 Å². The van der Waals surface area contributed by atoms with Gasteiger partial charge < -0.3 is 0 Å². The van der Waals surface area contributed by atoms with Crippen molar-refractivity contribution < 1.29 is 13.2 Å². The van der Waals surface area contributed by atoms with Gasteiger partial charge in [-0.1, -0.05) is 66.7 Å². The van der Waals surface area contributed by atoms with Crippen LogP contribution in [0.3, 0.4) is 0 Å². The molecule has 0 aliphatic heterocycles. The lowest BCUT2D eigenvalue weighted by Crippen LogP contribution is -1.90. The third kappa shape index (κ3) is 3.25. The first kappa shape index (κ1) is 19.6. The van der Waals surface area contributed by atoms with Crippen LogP contribution < -0.4 is 0 Å². The largest absolute Gasteiger partial charge is 0.207 e. The zero-order chi connectivity index (χ0) is 22.5.